The number of alkyl halides is 1. The van der Waals surface area contributed by atoms with Crippen LogP contribution in [0.1, 0.15) is 45.7 Å². The van der Waals surface area contributed by atoms with Crippen molar-refractivity contribution in [2.24, 2.45) is 0 Å². The molecule has 2 aromatic carbocycles. The van der Waals surface area contributed by atoms with Gasteiger partial charge in [-0.25, -0.2) is 0 Å². The Labute approximate surface area is 221 Å². The van der Waals surface area contributed by atoms with Crippen molar-refractivity contribution >= 4 is 28.2 Å². The average Bonchev–Trinajstić information content (AvgIpc) is 3.37. The molecule has 2 saturated heterocycles. The van der Waals surface area contributed by atoms with Gasteiger partial charge in [-0.3, -0.25) is 4.79 Å². The van der Waals surface area contributed by atoms with Crippen molar-refractivity contribution in [1.82, 2.24) is 0 Å². The van der Waals surface area contributed by atoms with Crippen molar-refractivity contribution in [3.63, 3.8) is 0 Å². The van der Waals surface area contributed by atoms with Gasteiger partial charge in [0.25, 0.3) is 11.6 Å². The van der Waals surface area contributed by atoms with Crippen LogP contribution in [0.2, 0.25) is 0 Å². The van der Waals surface area contributed by atoms with Crippen LogP contribution in [0.5, 0.6) is 17.2 Å². The fourth-order valence-electron chi connectivity index (χ4n) is 6.48. The Balaban J connectivity index is 1.68. The number of ketones is 1. The smallest absolute Gasteiger partial charge is 0.273 e. The zero-order chi connectivity index (χ0) is 27.5. The zero-order valence-corrected chi connectivity index (χ0v) is 21.6. The first kappa shape index (κ1) is 26.0. The van der Waals surface area contributed by atoms with Crippen LogP contribution >= 0.6 is 11.6 Å². The summed E-state index contributed by atoms with van der Waals surface area (Å²) in [7, 11) is 3.94. The predicted octanol–water partition coefficient (Wildman–Crippen LogP) is 0.679. The van der Waals surface area contributed by atoms with E-state index in [1.165, 1.54) is 21.3 Å². The highest BCUT2D eigenvalue weighted by Crippen LogP contribution is 2.67. The Bertz CT molecular complexity index is 1380. The second-order valence-corrected chi connectivity index (χ2v) is 10.3. The van der Waals surface area contributed by atoms with E-state index in [1.54, 1.807) is 13.0 Å². The summed E-state index contributed by atoms with van der Waals surface area (Å²) in [6.07, 6.45) is -6.77. The SMILES string of the molecule is COc1c2c(c(O)c3c4c(c(C)cc13)C1OC3(C(OC)OC)OC1[C@](O)(O4)[C@@]3(O)CCl)C(=O)[C@@H](O)C[C@@H]2O. The van der Waals surface area contributed by atoms with Crippen LogP contribution in [0.4, 0.5) is 0 Å². The molecule has 2 aromatic rings. The number of halogens is 1. The van der Waals surface area contributed by atoms with Crippen molar-refractivity contribution in [1.29, 1.82) is 0 Å². The van der Waals surface area contributed by atoms with Crippen molar-refractivity contribution in [2.75, 3.05) is 27.2 Å². The second-order valence-electron chi connectivity index (χ2n) is 10.0. The number of hydrogen-bond acceptors (Lipinski definition) is 12. The summed E-state index contributed by atoms with van der Waals surface area (Å²) in [6.45, 7) is 1.73. The van der Waals surface area contributed by atoms with Crippen LogP contribution in [0, 0.1) is 6.92 Å². The number of aliphatic hydroxyl groups excluding tert-OH is 2. The number of fused-ring (bicyclic) bond motifs is 6. The van der Waals surface area contributed by atoms with Crippen molar-refractivity contribution < 1.29 is 58.7 Å². The van der Waals surface area contributed by atoms with E-state index in [-0.39, 0.29) is 39.8 Å². The topological polar surface area (TPSA) is 174 Å². The highest BCUT2D eigenvalue weighted by Gasteiger charge is 2.86. The normalized spacial score (nSPS) is 36.9. The molecule has 12 nitrogen and oxygen atoms in total. The van der Waals surface area contributed by atoms with Crippen molar-refractivity contribution in [3.8, 4) is 17.2 Å². The van der Waals surface area contributed by atoms with E-state index < -0.39 is 65.3 Å². The van der Waals surface area contributed by atoms with E-state index in [2.05, 4.69) is 0 Å². The van der Waals surface area contributed by atoms with Gasteiger partial charge in [-0.05, 0) is 18.6 Å². The summed E-state index contributed by atoms with van der Waals surface area (Å²) in [6, 6.07) is 1.66. The first-order chi connectivity index (χ1) is 18.0. The number of aryl methyl sites for hydroxylation is 1. The van der Waals surface area contributed by atoms with Crippen molar-refractivity contribution in [2.45, 2.75) is 61.2 Å². The number of benzene rings is 2. The Morgan fingerprint density at radius 2 is 1.82 bits per heavy atom. The minimum atomic E-state index is -2.51. The lowest BCUT2D eigenvalue weighted by molar-refractivity contribution is -0.388. The van der Waals surface area contributed by atoms with Gasteiger partial charge in [-0.15, -0.1) is 11.6 Å². The molecule has 4 aliphatic rings. The van der Waals surface area contributed by atoms with Gasteiger partial charge in [-0.1, -0.05) is 0 Å². The standard InChI is InChI=1S/C25H27ClO12/c1-8-5-9-13(17(30)15-14(18(9)33-2)10(27)6-11(28)16(15)29)19-12(8)20-21-24(32,36-19)23(31,7-26)25(37-20,38-21)22(34-3)35-4/h5,10-11,20-22,27-28,30-32H,6-7H2,1-4H3/t10-,11-,20?,21?,23-,24-,25?/m0/s1. The number of hydrogen-bond donors (Lipinski definition) is 5. The summed E-state index contributed by atoms with van der Waals surface area (Å²) in [5.74, 6) is -6.66. The molecule has 13 heteroatoms. The minimum Gasteiger partial charge on any atom is -0.506 e. The average molecular weight is 555 g/mol. The maximum Gasteiger partial charge on any atom is 0.273 e. The lowest BCUT2D eigenvalue weighted by Crippen LogP contribution is -2.75. The molecule has 3 unspecified atom stereocenters. The number of carbonyl (C=O) groups excluding carboxylic acids is 1. The molecule has 5 N–H and O–H groups in total. The largest absolute Gasteiger partial charge is 0.506 e. The van der Waals surface area contributed by atoms with Crippen LogP contribution in [0.3, 0.4) is 0 Å². The van der Waals surface area contributed by atoms with E-state index in [4.69, 9.17) is 40.0 Å². The monoisotopic (exact) mass is 554 g/mol. The number of phenolic OH excluding ortho intramolecular Hbond substituents is 1. The molecular formula is C25H27ClO12. The van der Waals surface area contributed by atoms with Crippen LogP contribution < -0.4 is 9.47 Å². The molecule has 206 valence electrons. The predicted molar refractivity (Wildman–Crippen MR) is 127 cm³/mol. The van der Waals surface area contributed by atoms with Gasteiger partial charge in [0.1, 0.15) is 29.5 Å². The molecular weight excluding hydrogens is 528 g/mol. The third-order valence-corrected chi connectivity index (χ3v) is 8.59. The first-order valence-electron chi connectivity index (χ1n) is 11.9. The minimum absolute atomic E-state index is 0.0305. The number of aliphatic hydroxyl groups is 4. The van der Waals surface area contributed by atoms with Gasteiger partial charge in [0.2, 0.25) is 11.9 Å². The lowest BCUT2D eigenvalue weighted by atomic mass is 9.76. The summed E-state index contributed by atoms with van der Waals surface area (Å²) in [5, 5.41) is 56.2. The zero-order valence-electron chi connectivity index (χ0n) is 20.9. The Morgan fingerprint density at radius 1 is 1.13 bits per heavy atom. The maximum atomic E-state index is 13.0. The van der Waals surface area contributed by atoms with Crippen LogP contribution in [0.25, 0.3) is 10.8 Å². The second kappa shape index (κ2) is 8.13. The molecule has 1 aliphatic carbocycles. The lowest BCUT2D eigenvalue weighted by Gasteiger charge is -2.52. The fraction of sp³-hybridized carbons (Fsp3) is 0.560. The van der Waals surface area contributed by atoms with E-state index >= 15 is 0 Å². The van der Waals surface area contributed by atoms with Gasteiger partial charge in [0.05, 0.1) is 30.0 Å². The van der Waals surface area contributed by atoms with Crippen molar-refractivity contribution in [3.05, 3.63) is 28.3 Å². The van der Waals surface area contributed by atoms with E-state index in [1.807, 2.05) is 0 Å². The highest BCUT2D eigenvalue weighted by atomic mass is 35.5. The third-order valence-electron chi connectivity index (χ3n) is 8.20. The van der Waals surface area contributed by atoms with E-state index in [0.717, 1.165) is 0 Å². The van der Waals surface area contributed by atoms with Gasteiger partial charge in [0, 0.05) is 37.2 Å². The maximum absolute atomic E-state index is 13.0. The molecule has 2 bridgehead atoms. The number of rotatable bonds is 5. The van der Waals surface area contributed by atoms with Gasteiger partial charge >= 0.3 is 0 Å². The number of methoxy groups -OCH3 is 3. The van der Waals surface area contributed by atoms with Crippen LogP contribution in [0.15, 0.2) is 6.07 Å². The first-order valence-corrected chi connectivity index (χ1v) is 12.4. The number of carbonyl (C=O) groups is 1. The molecule has 38 heavy (non-hydrogen) atoms. The molecule has 3 heterocycles. The van der Waals surface area contributed by atoms with Crippen LogP contribution in [-0.2, 0) is 18.9 Å². The number of phenols is 1. The number of ether oxygens (including phenoxy) is 6. The van der Waals surface area contributed by atoms with Gasteiger partial charge < -0.3 is 54.0 Å². The van der Waals surface area contributed by atoms with Gasteiger partial charge in [-0.2, -0.15) is 0 Å². The summed E-state index contributed by atoms with van der Waals surface area (Å²) < 4.78 is 34.7. The molecule has 0 radical (unpaired) electrons. The molecule has 7 atom stereocenters. The fourth-order valence-corrected chi connectivity index (χ4v) is 6.86. The molecule has 0 amide bonds. The van der Waals surface area contributed by atoms with Crippen LogP contribution in [-0.4, -0.2) is 94.2 Å². The molecule has 0 aromatic heterocycles. The quantitative estimate of drug-likeness (QED) is 0.259. The summed E-state index contributed by atoms with van der Waals surface area (Å²) in [4.78, 5) is 13.0. The molecule has 0 spiro atoms. The Kier molecular flexibility index (Phi) is 5.56. The molecule has 0 saturated carbocycles. The summed E-state index contributed by atoms with van der Waals surface area (Å²) in [5.41, 5.74) is -1.80. The molecule has 3 aliphatic heterocycles. The summed E-state index contributed by atoms with van der Waals surface area (Å²) >= 11 is 6.20. The highest BCUT2D eigenvalue weighted by molar-refractivity contribution is 6.19. The van der Waals surface area contributed by atoms with Gasteiger partial charge in [0.15, 0.2) is 11.9 Å². The molecule has 2 fully saturated rings. The van der Waals surface area contributed by atoms with E-state index in [9.17, 15) is 30.3 Å². The Morgan fingerprint density at radius 3 is 2.42 bits per heavy atom. The third kappa shape index (κ3) is 2.70. The van der Waals surface area contributed by atoms with E-state index in [0.29, 0.717) is 11.1 Å². The number of Topliss-reactive ketones (excluding diaryl/α,β-unsaturated/α-hetero) is 1. The Hall–Kier alpha value is -2.26. The molecule has 6 rings (SSSR count). The number of aromatic hydroxyl groups is 1.